The third-order valence-electron chi connectivity index (χ3n) is 5.62. The number of carbonyl (C=O) groups is 1. The van der Waals surface area contributed by atoms with Gasteiger partial charge in [-0.15, -0.1) is 0 Å². The number of nitrogens with one attached hydrogen (secondary N) is 2. The number of benzene rings is 1. The molecule has 7 heteroatoms. The van der Waals surface area contributed by atoms with Crippen LogP contribution in [0.5, 0.6) is 0 Å². The zero-order chi connectivity index (χ0) is 22.5. The first kappa shape index (κ1) is 25.1. The number of nitrogens with zero attached hydrogens (tertiary/aromatic N) is 3. The smallest absolute Gasteiger partial charge is 0.243 e. The first-order valence-corrected chi connectivity index (χ1v) is 11.6. The maximum Gasteiger partial charge on any atom is 0.243 e. The Morgan fingerprint density at radius 2 is 1.97 bits per heavy atom. The standard InChI is InChI=1S/C24H41N5O2/c1-5-20(2)27-24(26-18-23(30)28(3)4)25-14-9-17-31-22-12-15-29(16-13-22)19-21-10-7-6-8-11-21/h6-8,10-11,20,22H,5,9,12-19H2,1-4H3,(H2,25,26,27). The first-order valence-electron chi connectivity index (χ1n) is 11.6. The summed E-state index contributed by atoms with van der Waals surface area (Å²) in [6, 6.07) is 11.0. The Morgan fingerprint density at radius 3 is 2.61 bits per heavy atom. The molecule has 1 saturated heterocycles. The summed E-state index contributed by atoms with van der Waals surface area (Å²) in [5.41, 5.74) is 1.38. The second kappa shape index (κ2) is 14.0. The summed E-state index contributed by atoms with van der Waals surface area (Å²) >= 11 is 0. The largest absolute Gasteiger partial charge is 0.378 e. The van der Waals surface area contributed by atoms with Crippen LogP contribution in [-0.4, -0.2) is 80.7 Å². The average Bonchev–Trinajstić information content (AvgIpc) is 2.78. The van der Waals surface area contributed by atoms with Gasteiger partial charge in [0.15, 0.2) is 5.96 Å². The van der Waals surface area contributed by atoms with Gasteiger partial charge in [-0.3, -0.25) is 9.69 Å². The van der Waals surface area contributed by atoms with Crippen LogP contribution in [0.3, 0.4) is 0 Å². The van der Waals surface area contributed by atoms with E-state index in [1.807, 2.05) is 0 Å². The number of amides is 1. The van der Waals surface area contributed by atoms with Gasteiger partial charge in [0, 0.05) is 52.9 Å². The molecule has 0 aromatic heterocycles. The lowest BCUT2D eigenvalue weighted by Crippen LogP contribution is -2.43. The maximum atomic E-state index is 11.8. The van der Waals surface area contributed by atoms with Gasteiger partial charge < -0.3 is 20.3 Å². The highest BCUT2D eigenvalue weighted by Crippen LogP contribution is 2.16. The number of ether oxygens (including phenoxy) is 1. The van der Waals surface area contributed by atoms with Crippen LogP contribution in [0.15, 0.2) is 35.3 Å². The molecular weight excluding hydrogens is 390 g/mol. The van der Waals surface area contributed by atoms with Crippen LogP contribution in [0.2, 0.25) is 0 Å². The fraction of sp³-hybridized carbons (Fsp3) is 0.667. The number of guanidine groups is 1. The molecule has 0 saturated carbocycles. The first-order chi connectivity index (χ1) is 15.0. The topological polar surface area (TPSA) is 69.2 Å². The lowest BCUT2D eigenvalue weighted by atomic mass is 10.1. The monoisotopic (exact) mass is 431 g/mol. The highest BCUT2D eigenvalue weighted by atomic mass is 16.5. The summed E-state index contributed by atoms with van der Waals surface area (Å²) < 4.78 is 6.11. The highest BCUT2D eigenvalue weighted by Gasteiger charge is 2.19. The van der Waals surface area contributed by atoms with Crippen molar-refractivity contribution >= 4 is 11.9 Å². The van der Waals surface area contributed by atoms with Gasteiger partial charge in [-0.2, -0.15) is 0 Å². The Balaban J connectivity index is 1.63. The van der Waals surface area contributed by atoms with E-state index in [9.17, 15) is 4.79 Å². The fourth-order valence-corrected chi connectivity index (χ4v) is 3.38. The SMILES string of the molecule is CCC(C)NC(=NCC(=O)N(C)C)NCCCOC1CCN(Cc2ccccc2)CC1. The molecule has 1 heterocycles. The number of hydrogen-bond acceptors (Lipinski definition) is 4. The molecule has 1 amide bonds. The van der Waals surface area contributed by atoms with Crippen LogP contribution in [-0.2, 0) is 16.1 Å². The van der Waals surface area contributed by atoms with Crippen molar-refractivity contribution in [3.63, 3.8) is 0 Å². The molecule has 1 unspecified atom stereocenters. The number of aliphatic imine (C=N–C) groups is 1. The van der Waals surface area contributed by atoms with E-state index >= 15 is 0 Å². The quantitative estimate of drug-likeness (QED) is 0.320. The Morgan fingerprint density at radius 1 is 1.26 bits per heavy atom. The molecule has 7 nitrogen and oxygen atoms in total. The van der Waals surface area contributed by atoms with E-state index in [0.29, 0.717) is 18.1 Å². The van der Waals surface area contributed by atoms with Gasteiger partial charge in [0.05, 0.1) is 6.10 Å². The molecule has 2 N–H and O–H groups in total. The third-order valence-corrected chi connectivity index (χ3v) is 5.62. The van der Waals surface area contributed by atoms with E-state index in [1.54, 1.807) is 19.0 Å². The minimum atomic E-state index is -0.00723. The van der Waals surface area contributed by atoms with Crippen molar-refractivity contribution in [2.45, 2.75) is 58.2 Å². The molecule has 1 atom stereocenters. The van der Waals surface area contributed by atoms with E-state index < -0.39 is 0 Å². The average molecular weight is 432 g/mol. The number of piperidine rings is 1. The lowest BCUT2D eigenvalue weighted by molar-refractivity contribution is -0.127. The summed E-state index contributed by atoms with van der Waals surface area (Å²) in [7, 11) is 3.49. The van der Waals surface area contributed by atoms with E-state index in [4.69, 9.17) is 4.74 Å². The van der Waals surface area contributed by atoms with Crippen molar-refractivity contribution in [3.05, 3.63) is 35.9 Å². The fourth-order valence-electron chi connectivity index (χ4n) is 3.38. The van der Waals surface area contributed by atoms with Crippen LogP contribution in [0.25, 0.3) is 0 Å². The second-order valence-corrected chi connectivity index (χ2v) is 8.52. The molecule has 1 aliphatic heterocycles. The van der Waals surface area contributed by atoms with Crippen LogP contribution in [0.4, 0.5) is 0 Å². The minimum absolute atomic E-state index is 0.00723. The maximum absolute atomic E-state index is 11.8. The minimum Gasteiger partial charge on any atom is -0.378 e. The van der Waals surface area contributed by atoms with Gasteiger partial charge in [-0.1, -0.05) is 37.3 Å². The molecule has 1 aliphatic rings. The van der Waals surface area contributed by atoms with Crippen LogP contribution >= 0.6 is 0 Å². The van der Waals surface area contributed by atoms with Crippen LogP contribution in [0.1, 0.15) is 45.1 Å². The Hall–Kier alpha value is -2.12. The number of rotatable bonds is 11. The zero-order valence-electron chi connectivity index (χ0n) is 19.8. The molecule has 0 bridgehead atoms. The number of likely N-dealkylation sites (N-methyl/N-ethyl adjacent to an activating group) is 1. The van der Waals surface area contributed by atoms with Crippen molar-refractivity contribution in [3.8, 4) is 0 Å². The molecule has 1 fully saturated rings. The van der Waals surface area contributed by atoms with Crippen LogP contribution < -0.4 is 10.6 Å². The number of hydrogen-bond donors (Lipinski definition) is 2. The molecule has 0 radical (unpaired) electrons. The molecule has 0 spiro atoms. The van der Waals surface area contributed by atoms with E-state index in [1.165, 1.54) is 5.56 Å². The highest BCUT2D eigenvalue weighted by molar-refractivity contribution is 5.84. The Bertz CT molecular complexity index is 657. The van der Waals surface area contributed by atoms with Gasteiger partial charge in [-0.25, -0.2) is 4.99 Å². The summed E-state index contributed by atoms with van der Waals surface area (Å²) in [5.74, 6) is 0.686. The molecule has 174 valence electrons. The summed E-state index contributed by atoms with van der Waals surface area (Å²) in [6.45, 7) is 9.10. The summed E-state index contributed by atoms with van der Waals surface area (Å²) in [5, 5.41) is 6.68. The summed E-state index contributed by atoms with van der Waals surface area (Å²) in [6.07, 6.45) is 4.45. The van der Waals surface area contributed by atoms with Crippen molar-refractivity contribution < 1.29 is 9.53 Å². The molecule has 31 heavy (non-hydrogen) atoms. The Labute approximate surface area is 188 Å². The van der Waals surface area contributed by atoms with E-state index in [2.05, 4.69) is 64.7 Å². The molecule has 2 rings (SSSR count). The van der Waals surface area contributed by atoms with Crippen molar-refractivity contribution in [2.24, 2.45) is 4.99 Å². The predicted octanol–water partition coefficient (Wildman–Crippen LogP) is 2.48. The number of likely N-dealkylation sites (tertiary alicyclic amines) is 1. The van der Waals surface area contributed by atoms with Gasteiger partial charge in [0.25, 0.3) is 0 Å². The molecule has 0 aliphatic carbocycles. The van der Waals surface area contributed by atoms with Crippen molar-refractivity contribution in [2.75, 3.05) is 46.9 Å². The normalized spacial score (nSPS) is 16.7. The zero-order valence-corrected chi connectivity index (χ0v) is 19.8. The van der Waals surface area contributed by atoms with Crippen molar-refractivity contribution in [1.82, 2.24) is 20.4 Å². The Kier molecular flexibility index (Phi) is 11.4. The van der Waals surface area contributed by atoms with E-state index in [0.717, 1.165) is 58.5 Å². The van der Waals surface area contributed by atoms with E-state index in [-0.39, 0.29) is 12.5 Å². The van der Waals surface area contributed by atoms with Gasteiger partial charge in [0.1, 0.15) is 6.54 Å². The number of carbonyl (C=O) groups excluding carboxylic acids is 1. The molecule has 1 aromatic rings. The molecular formula is C24H41N5O2. The predicted molar refractivity (Wildman–Crippen MR) is 127 cm³/mol. The third kappa shape index (κ3) is 10.2. The summed E-state index contributed by atoms with van der Waals surface area (Å²) in [4.78, 5) is 20.3. The second-order valence-electron chi connectivity index (χ2n) is 8.52. The lowest BCUT2D eigenvalue weighted by Gasteiger charge is -2.32. The van der Waals surface area contributed by atoms with Gasteiger partial charge in [-0.05, 0) is 38.2 Å². The van der Waals surface area contributed by atoms with Gasteiger partial charge >= 0.3 is 0 Å². The van der Waals surface area contributed by atoms with Crippen LogP contribution in [0, 0.1) is 0 Å². The van der Waals surface area contributed by atoms with Crippen molar-refractivity contribution in [1.29, 1.82) is 0 Å². The molecule has 1 aromatic carbocycles. The van der Waals surface area contributed by atoms with Gasteiger partial charge in [0.2, 0.25) is 5.91 Å².